The highest BCUT2D eigenvalue weighted by molar-refractivity contribution is 5.59. The highest BCUT2D eigenvalue weighted by Gasteiger charge is 2.01. The van der Waals surface area contributed by atoms with Crippen molar-refractivity contribution >= 4 is 11.4 Å². The minimum Gasteiger partial charge on any atom is -0.497 e. The summed E-state index contributed by atoms with van der Waals surface area (Å²) in [6, 6.07) is 5.48. The van der Waals surface area contributed by atoms with Crippen LogP contribution in [-0.2, 0) is 13.6 Å². The van der Waals surface area contributed by atoms with Gasteiger partial charge in [-0.05, 0) is 6.07 Å². The molecule has 2 aromatic rings. The molecule has 90 valence electrons. The zero-order valence-electron chi connectivity index (χ0n) is 9.84. The molecule has 0 aliphatic carbocycles. The van der Waals surface area contributed by atoms with Crippen LogP contribution >= 0.6 is 0 Å². The summed E-state index contributed by atoms with van der Waals surface area (Å²) in [6.07, 6.45) is 1.66. The predicted octanol–water partition coefficient (Wildman–Crippen LogP) is 1.02. The Morgan fingerprint density at radius 3 is 2.88 bits per heavy atom. The molecular formula is C11H15N5O. The number of nitrogens with two attached hydrogens (primary N) is 1. The van der Waals surface area contributed by atoms with Gasteiger partial charge in [0.05, 0.1) is 13.7 Å². The van der Waals surface area contributed by atoms with Crippen molar-refractivity contribution in [2.75, 3.05) is 18.2 Å². The second-order valence-electron chi connectivity index (χ2n) is 3.68. The van der Waals surface area contributed by atoms with Crippen molar-refractivity contribution in [1.29, 1.82) is 0 Å². The van der Waals surface area contributed by atoms with Gasteiger partial charge in [-0.25, -0.2) is 4.98 Å². The van der Waals surface area contributed by atoms with Crippen LogP contribution in [0.3, 0.4) is 0 Å². The molecule has 0 aliphatic rings. The number of nitrogens with one attached hydrogen (secondary N) is 1. The van der Waals surface area contributed by atoms with Gasteiger partial charge in [0.2, 0.25) is 0 Å². The standard InChI is InChI=1S/C11H15N5O/c1-16-7-14-11(15-16)6-13-9-3-8(12)4-10(5-9)17-2/h3-5,7,13H,6,12H2,1-2H3. The van der Waals surface area contributed by atoms with Gasteiger partial charge in [-0.1, -0.05) is 0 Å². The third kappa shape index (κ3) is 2.87. The Kier molecular flexibility index (Phi) is 3.13. The van der Waals surface area contributed by atoms with E-state index in [1.54, 1.807) is 24.2 Å². The summed E-state index contributed by atoms with van der Waals surface area (Å²) >= 11 is 0. The predicted molar refractivity (Wildman–Crippen MR) is 65.7 cm³/mol. The average Bonchev–Trinajstić information content (AvgIpc) is 2.72. The zero-order valence-corrected chi connectivity index (χ0v) is 9.84. The van der Waals surface area contributed by atoms with Crippen molar-refractivity contribution in [1.82, 2.24) is 14.8 Å². The van der Waals surface area contributed by atoms with Crippen LogP contribution in [0.15, 0.2) is 24.5 Å². The summed E-state index contributed by atoms with van der Waals surface area (Å²) < 4.78 is 6.80. The van der Waals surface area contributed by atoms with Crippen molar-refractivity contribution in [3.05, 3.63) is 30.4 Å². The Labute approximate surface area is 99.4 Å². The highest BCUT2D eigenvalue weighted by atomic mass is 16.5. The van der Waals surface area contributed by atoms with E-state index >= 15 is 0 Å². The maximum atomic E-state index is 5.75. The van der Waals surface area contributed by atoms with E-state index < -0.39 is 0 Å². The van der Waals surface area contributed by atoms with Crippen molar-refractivity contribution in [2.24, 2.45) is 7.05 Å². The number of nitrogens with zero attached hydrogens (tertiary/aromatic N) is 3. The molecule has 0 radical (unpaired) electrons. The van der Waals surface area contributed by atoms with Gasteiger partial charge in [-0.15, -0.1) is 0 Å². The lowest BCUT2D eigenvalue weighted by molar-refractivity contribution is 0.415. The molecule has 0 spiro atoms. The Hall–Kier alpha value is -2.24. The van der Waals surface area contributed by atoms with E-state index in [1.165, 1.54) is 0 Å². The summed E-state index contributed by atoms with van der Waals surface area (Å²) in [5.41, 5.74) is 7.29. The molecule has 0 atom stereocenters. The number of rotatable bonds is 4. The second kappa shape index (κ2) is 4.73. The van der Waals surface area contributed by atoms with Crippen LogP contribution in [0.5, 0.6) is 5.75 Å². The molecule has 0 fully saturated rings. The number of aromatic nitrogens is 3. The number of anilines is 2. The number of hydrogen-bond acceptors (Lipinski definition) is 5. The molecule has 1 heterocycles. The third-order valence-corrected chi connectivity index (χ3v) is 2.26. The topological polar surface area (TPSA) is 78.0 Å². The van der Waals surface area contributed by atoms with Crippen LogP contribution in [0.25, 0.3) is 0 Å². The Morgan fingerprint density at radius 2 is 2.24 bits per heavy atom. The minimum absolute atomic E-state index is 0.549. The Bertz CT molecular complexity index is 508. The van der Waals surface area contributed by atoms with Crippen LogP contribution in [0, 0.1) is 0 Å². The maximum absolute atomic E-state index is 5.75. The quantitative estimate of drug-likeness (QED) is 0.771. The average molecular weight is 233 g/mol. The number of aryl methyl sites for hydroxylation is 1. The molecule has 6 heteroatoms. The van der Waals surface area contributed by atoms with Crippen molar-refractivity contribution in [3.63, 3.8) is 0 Å². The molecular weight excluding hydrogens is 218 g/mol. The van der Waals surface area contributed by atoms with Gasteiger partial charge in [0.25, 0.3) is 0 Å². The fourth-order valence-electron chi connectivity index (χ4n) is 1.49. The van der Waals surface area contributed by atoms with Gasteiger partial charge in [0.15, 0.2) is 5.82 Å². The number of methoxy groups -OCH3 is 1. The molecule has 0 saturated carbocycles. The zero-order chi connectivity index (χ0) is 12.3. The number of nitrogen functional groups attached to an aromatic ring is 1. The largest absolute Gasteiger partial charge is 0.497 e. The van der Waals surface area contributed by atoms with Gasteiger partial charge in [0, 0.05) is 30.6 Å². The molecule has 2 rings (SSSR count). The Morgan fingerprint density at radius 1 is 1.41 bits per heavy atom. The number of benzene rings is 1. The summed E-state index contributed by atoms with van der Waals surface area (Å²) in [5.74, 6) is 1.45. The highest BCUT2D eigenvalue weighted by Crippen LogP contribution is 2.22. The fraction of sp³-hybridized carbons (Fsp3) is 0.273. The monoisotopic (exact) mass is 233 g/mol. The summed E-state index contributed by atoms with van der Waals surface area (Å²) in [4.78, 5) is 4.12. The second-order valence-corrected chi connectivity index (χ2v) is 3.68. The first-order valence-corrected chi connectivity index (χ1v) is 5.20. The lowest BCUT2D eigenvalue weighted by Crippen LogP contribution is -2.03. The van der Waals surface area contributed by atoms with Crippen molar-refractivity contribution in [3.8, 4) is 5.75 Å². The molecule has 1 aromatic heterocycles. The molecule has 3 N–H and O–H groups in total. The van der Waals surface area contributed by atoms with E-state index in [0.717, 1.165) is 17.3 Å². The third-order valence-electron chi connectivity index (χ3n) is 2.26. The first-order valence-electron chi connectivity index (χ1n) is 5.20. The van der Waals surface area contributed by atoms with E-state index in [9.17, 15) is 0 Å². The van der Waals surface area contributed by atoms with E-state index in [2.05, 4.69) is 15.4 Å². The fourth-order valence-corrected chi connectivity index (χ4v) is 1.49. The molecule has 6 nitrogen and oxygen atoms in total. The molecule has 1 aromatic carbocycles. The lowest BCUT2D eigenvalue weighted by Gasteiger charge is -2.07. The van der Waals surface area contributed by atoms with Gasteiger partial charge in [-0.3, -0.25) is 4.68 Å². The van der Waals surface area contributed by atoms with Crippen LogP contribution in [-0.4, -0.2) is 21.9 Å². The maximum Gasteiger partial charge on any atom is 0.169 e. The smallest absolute Gasteiger partial charge is 0.169 e. The first kappa shape index (κ1) is 11.3. The molecule has 0 bridgehead atoms. The van der Waals surface area contributed by atoms with Gasteiger partial charge in [0.1, 0.15) is 12.1 Å². The van der Waals surface area contributed by atoms with Crippen molar-refractivity contribution in [2.45, 2.75) is 6.54 Å². The lowest BCUT2D eigenvalue weighted by atomic mass is 10.2. The minimum atomic E-state index is 0.549. The normalized spacial score (nSPS) is 10.2. The van der Waals surface area contributed by atoms with Crippen LogP contribution in [0.1, 0.15) is 5.82 Å². The number of hydrogen-bond donors (Lipinski definition) is 2. The van der Waals surface area contributed by atoms with E-state index in [0.29, 0.717) is 12.2 Å². The van der Waals surface area contributed by atoms with Gasteiger partial charge >= 0.3 is 0 Å². The first-order chi connectivity index (χ1) is 8.17. The van der Waals surface area contributed by atoms with Gasteiger partial charge in [-0.2, -0.15) is 5.10 Å². The van der Waals surface area contributed by atoms with Crippen LogP contribution in [0.4, 0.5) is 11.4 Å². The summed E-state index contributed by atoms with van der Waals surface area (Å²) in [6.45, 7) is 0.549. The Balaban J connectivity index is 2.05. The summed E-state index contributed by atoms with van der Waals surface area (Å²) in [5, 5.41) is 7.36. The van der Waals surface area contributed by atoms with Crippen LogP contribution < -0.4 is 15.8 Å². The van der Waals surface area contributed by atoms with E-state index in [-0.39, 0.29) is 0 Å². The molecule has 17 heavy (non-hydrogen) atoms. The molecule has 0 saturated heterocycles. The summed E-state index contributed by atoms with van der Waals surface area (Å²) in [7, 11) is 3.44. The van der Waals surface area contributed by atoms with Gasteiger partial charge < -0.3 is 15.8 Å². The molecule has 0 unspecified atom stereocenters. The van der Waals surface area contributed by atoms with Crippen LogP contribution in [0.2, 0.25) is 0 Å². The van der Waals surface area contributed by atoms with E-state index in [1.807, 2.05) is 19.2 Å². The van der Waals surface area contributed by atoms with Crippen molar-refractivity contribution < 1.29 is 4.74 Å². The van der Waals surface area contributed by atoms with E-state index in [4.69, 9.17) is 10.5 Å². The molecule has 0 aliphatic heterocycles. The SMILES string of the molecule is COc1cc(N)cc(NCc2ncn(C)n2)c1. The number of ether oxygens (including phenoxy) is 1. The molecule has 0 amide bonds.